The van der Waals surface area contributed by atoms with Crippen molar-refractivity contribution in [3.05, 3.63) is 24.0 Å². The SMILES string of the molecule is CC(C)CC1CN=C(NCc2cccnn2)S1. The van der Waals surface area contributed by atoms with Gasteiger partial charge in [-0.3, -0.25) is 4.99 Å². The first-order valence-electron chi connectivity index (χ1n) is 5.95. The van der Waals surface area contributed by atoms with Gasteiger partial charge in [-0.15, -0.1) is 0 Å². The molecule has 1 aliphatic rings. The van der Waals surface area contributed by atoms with Gasteiger partial charge in [-0.2, -0.15) is 10.2 Å². The standard InChI is InChI=1S/C12H18N4S/c1-9(2)6-11-8-14-12(17-11)13-7-10-4-3-5-15-16-10/h3-5,9,11H,6-8H2,1-2H3,(H,13,14). The predicted octanol–water partition coefficient (Wildman–Crippen LogP) is 2.08. The number of nitrogens with zero attached hydrogens (tertiary/aromatic N) is 3. The maximum Gasteiger partial charge on any atom is 0.157 e. The molecule has 0 fully saturated rings. The summed E-state index contributed by atoms with van der Waals surface area (Å²) in [5, 5.41) is 12.9. The van der Waals surface area contributed by atoms with Gasteiger partial charge in [0.05, 0.1) is 18.8 Å². The molecule has 0 aromatic carbocycles. The summed E-state index contributed by atoms with van der Waals surface area (Å²) in [5.41, 5.74) is 0.947. The second kappa shape index (κ2) is 6.00. The van der Waals surface area contributed by atoms with E-state index in [1.807, 2.05) is 23.9 Å². The van der Waals surface area contributed by atoms with Crippen LogP contribution < -0.4 is 5.32 Å². The fourth-order valence-electron chi connectivity index (χ4n) is 1.76. The molecule has 0 aliphatic carbocycles. The van der Waals surface area contributed by atoms with Crippen LogP contribution in [-0.4, -0.2) is 27.2 Å². The normalized spacial score (nSPS) is 19.5. The minimum atomic E-state index is 0.638. The summed E-state index contributed by atoms with van der Waals surface area (Å²) in [6.07, 6.45) is 2.91. The summed E-state index contributed by atoms with van der Waals surface area (Å²) in [4.78, 5) is 4.51. The monoisotopic (exact) mass is 250 g/mol. The van der Waals surface area contributed by atoms with Crippen LogP contribution in [0.25, 0.3) is 0 Å². The van der Waals surface area contributed by atoms with Crippen LogP contribution in [0.15, 0.2) is 23.3 Å². The molecule has 5 heteroatoms. The predicted molar refractivity (Wildman–Crippen MR) is 72.0 cm³/mol. The second-order valence-electron chi connectivity index (χ2n) is 4.58. The molecule has 92 valence electrons. The zero-order chi connectivity index (χ0) is 12.1. The lowest BCUT2D eigenvalue weighted by Gasteiger charge is -2.10. The quantitative estimate of drug-likeness (QED) is 0.889. The van der Waals surface area contributed by atoms with Crippen LogP contribution in [0, 0.1) is 5.92 Å². The van der Waals surface area contributed by atoms with Crippen LogP contribution in [0.4, 0.5) is 0 Å². The lowest BCUT2D eigenvalue weighted by molar-refractivity contribution is 0.575. The number of hydrogen-bond acceptors (Lipinski definition) is 5. The Morgan fingerprint density at radius 3 is 3.12 bits per heavy atom. The average molecular weight is 250 g/mol. The first-order chi connectivity index (χ1) is 8.24. The van der Waals surface area contributed by atoms with E-state index in [1.165, 1.54) is 6.42 Å². The molecule has 0 saturated carbocycles. The molecule has 0 bridgehead atoms. The molecule has 0 spiro atoms. The highest BCUT2D eigenvalue weighted by atomic mass is 32.2. The minimum absolute atomic E-state index is 0.638. The zero-order valence-electron chi connectivity index (χ0n) is 10.3. The van der Waals surface area contributed by atoms with E-state index in [4.69, 9.17) is 0 Å². The van der Waals surface area contributed by atoms with Gasteiger partial charge in [0.2, 0.25) is 0 Å². The summed E-state index contributed by atoms with van der Waals surface area (Å²) >= 11 is 1.85. The van der Waals surface area contributed by atoms with E-state index in [1.54, 1.807) is 6.20 Å². The molecule has 0 radical (unpaired) electrons. The minimum Gasteiger partial charge on any atom is -0.359 e. The first-order valence-corrected chi connectivity index (χ1v) is 6.83. The molecular formula is C12H18N4S. The Morgan fingerprint density at radius 1 is 1.53 bits per heavy atom. The van der Waals surface area contributed by atoms with Crippen molar-refractivity contribution in [2.24, 2.45) is 10.9 Å². The van der Waals surface area contributed by atoms with Crippen LogP contribution in [0.1, 0.15) is 26.0 Å². The Kier molecular flexibility index (Phi) is 4.36. The van der Waals surface area contributed by atoms with Crippen LogP contribution in [0.5, 0.6) is 0 Å². The maximum atomic E-state index is 4.51. The van der Waals surface area contributed by atoms with E-state index in [0.717, 1.165) is 23.3 Å². The number of rotatable bonds is 4. The highest BCUT2D eigenvalue weighted by Crippen LogP contribution is 2.25. The zero-order valence-corrected chi connectivity index (χ0v) is 11.1. The molecule has 1 N–H and O–H groups in total. The number of nitrogens with one attached hydrogen (secondary N) is 1. The Hall–Kier alpha value is -1.10. The molecule has 2 rings (SSSR count). The first kappa shape index (κ1) is 12.4. The summed E-state index contributed by atoms with van der Waals surface area (Å²) in [7, 11) is 0. The van der Waals surface area contributed by atoms with E-state index in [-0.39, 0.29) is 0 Å². The lowest BCUT2D eigenvalue weighted by atomic mass is 10.1. The number of thioether (sulfide) groups is 1. The van der Waals surface area contributed by atoms with Crippen molar-refractivity contribution >= 4 is 16.9 Å². The van der Waals surface area contributed by atoms with E-state index in [9.17, 15) is 0 Å². The highest BCUT2D eigenvalue weighted by molar-refractivity contribution is 8.14. The largest absolute Gasteiger partial charge is 0.359 e. The van der Waals surface area contributed by atoms with Crippen molar-refractivity contribution in [2.75, 3.05) is 6.54 Å². The topological polar surface area (TPSA) is 50.2 Å². The van der Waals surface area contributed by atoms with Crippen molar-refractivity contribution in [2.45, 2.75) is 32.1 Å². The fraction of sp³-hybridized carbons (Fsp3) is 0.583. The Bertz CT molecular complexity index is 377. The molecule has 0 saturated heterocycles. The summed E-state index contributed by atoms with van der Waals surface area (Å²) in [6, 6.07) is 3.86. The third kappa shape index (κ3) is 4.00. The number of amidine groups is 1. The third-order valence-electron chi connectivity index (χ3n) is 2.50. The number of hydrogen-bond donors (Lipinski definition) is 1. The van der Waals surface area contributed by atoms with Gasteiger partial charge in [-0.25, -0.2) is 0 Å². The molecule has 17 heavy (non-hydrogen) atoms. The van der Waals surface area contributed by atoms with Crippen molar-refractivity contribution < 1.29 is 0 Å². The molecule has 4 nitrogen and oxygen atoms in total. The summed E-state index contributed by atoms with van der Waals surface area (Å²) < 4.78 is 0. The fourth-order valence-corrected chi connectivity index (χ4v) is 3.01. The molecule has 0 amide bonds. The Labute approximate surface area is 106 Å². The van der Waals surface area contributed by atoms with E-state index in [0.29, 0.717) is 11.8 Å². The molecular weight excluding hydrogens is 232 g/mol. The van der Waals surface area contributed by atoms with Gasteiger partial charge in [0.15, 0.2) is 5.17 Å². The van der Waals surface area contributed by atoms with Gasteiger partial charge in [-0.05, 0) is 24.5 Å². The maximum absolute atomic E-state index is 4.51. The Balaban J connectivity index is 1.75. The average Bonchev–Trinajstić information content (AvgIpc) is 2.75. The van der Waals surface area contributed by atoms with Gasteiger partial charge < -0.3 is 5.32 Å². The van der Waals surface area contributed by atoms with E-state index < -0.39 is 0 Å². The number of aliphatic imine (C=N–C) groups is 1. The van der Waals surface area contributed by atoms with Crippen LogP contribution in [0.2, 0.25) is 0 Å². The molecule has 1 unspecified atom stereocenters. The van der Waals surface area contributed by atoms with Gasteiger partial charge in [0.25, 0.3) is 0 Å². The highest BCUT2D eigenvalue weighted by Gasteiger charge is 2.20. The van der Waals surface area contributed by atoms with Gasteiger partial charge in [0, 0.05) is 11.4 Å². The number of aromatic nitrogens is 2. The van der Waals surface area contributed by atoms with E-state index in [2.05, 4.69) is 34.4 Å². The van der Waals surface area contributed by atoms with Gasteiger partial charge in [-0.1, -0.05) is 25.6 Å². The van der Waals surface area contributed by atoms with Gasteiger partial charge in [0.1, 0.15) is 0 Å². The smallest absolute Gasteiger partial charge is 0.157 e. The summed E-state index contributed by atoms with van der Waals surface area (Å²) in [6.45, 7) is 6.15. The van der Waals surface area contributed by atoms with Crippen LogP contribution in [-0.2, 0) is 6.54 Å². The van der Waals surface area contributed by atoms with Crippen molar-refractivity contribution in [3.63, 3.8) is 0 Å². The second-order valence-corrected chi connectivity index (χ2v) is 5.87. The molecule has 1 aromatic rings. The molecule has 1 aromatic heterocycles. The van der Waals surface area contributed by atoms with Crippen molar-refractivity contribution in [1.82, 2.24) is 15.5 Å². The lowest BCUT2D eigenvalue weighted by Crippen LogP contribution is -2.20. The summed E-state index contributed by atoms with van der Waals surface area (Å²) in [5.74, 6) is 0.738. The van der Waals surface area contributed by atoms with Crippen molar-refractivity contribution in [1.29, 1.82) is 0 Å². The van der Waals surface area contributed by atoms with Crippen LogP contribution >= 0.6 is 11.8 Å². The van der Waals surface area contributed by atoms with Gasteiger partial charge >= 0.3 is 0 Å². The van der Waals surface area contributed by atoms with Crippen molar-refractivity contribution in [3.8, 4) is 0 Å². The molecule has 2 heterocycles. The third-order valence-corrected chi connectivity index (χ3v) is 3.67. The van der Waals surface area contributed by atoms with Crippen LogP contribution in [0.3, 0.4) is 0 Å². The molecule has 1 atom stereocenters. The van der Waals surface area contributed by atoms with E-state index >= 15 is 0 Å². The molecule has 1 aliphatic heterocycles. The Morgan fingerprint density at radius 2 is 2.41 bits per heavy atom.